The maximum Gasteiger partial charge on any atom is 0.234 e. The van der Waals surface area contributed by atoms with Gasteiger partial charge >= 0.3 is 0 Å². The summed E-state index contributed by atoms with van der Waals surface area (Å²) < 4.78 is 5.12. The largest absolute Gasteiger partial charge is 0.409 e. The second-order valence-electron chi connectivity index (χ2n) is 5.55. The minimum atomic E-state index is -0.852. The van der Waals surface area contributed by atoms with E-state index in [0.29, 0.717) is 19.4 Å². The van der Waals surface area contributed by atoms with Gasteiger partial charge in [0.15, 0.2) is 5.84 Å². The number of hydrogen-bond acceptors (Lipinski definition) is 4. The van der Waals surface area contributed by atoms with Crippen LogP contribution in [0.4, 0.5) is 0 Å². The van der Waals surface area contributed by atoms with Crippen LogP contribution in [-0.2, 0) is 9.53 Å². The Balaban J connectivity index is 2.83. The standard InChI is InChI=1S/C13H25N3O3/c1-9(2)10(8-19-3)15-12(17)13(11(14)16-18)6-4-5-7-13/h9-10,18H,4-8H2,1-3H3,(H2,14,16)(H,15,17). The fourth-order valence-corrected chi connectivity index (χ4v) is 2.56. The Hall–Kier alpha value is -1.30. The number of carbonyl (C=O) groups is 1. The molecule has 1 rings (SSSR count). The molecule has 6 nitrogen and oxygen atoms in total. The molecule has 0 aliphatic heterocycles. The van der Waals surface area contributed by atoms with Gasteiger partial charge in [-0.3, -0.25) is 4.79 Å². The molecule has 1 fully saturated rings. The van der Waals surface area contributed by atoms with Crippen LogP contribution < -0.4 is 11.1 Å². The van der Waals surface area contributed by atoms with Crippen molar-refractivity contribution >= 4 is 11.7 Å². The zero-order valence-electron chi connectivity index (χ0n) is 12.0. The molecular formula is C13H25N3O3. The van der Waals surface area contributed by atoms with E-state index in [-0.39, 0.29) is 23.7 Å². The lowest BCUT2D eigenvalue weighted by molar-refractivity contribution is -0.129. The van der Waals surface area contributed by atoms with Gasteiger partial charge in [0.2, 0.25) is 5.91 Å². The number of rotatable bonds is 6. The van der Waals surface area contributed by atoms with Crippen LogP contribution in [0.25, 0.3) is 0 Å². The Kier molecular flexibility index (Phi) is 5.60. The Morgan fingerprint density at radius 3 is 2.47 bits per heavy atom. The SMILES string of the molecule is COCC(NC(=O)C1(C(N)=NO)CCCC1)C(C)C. The van der Waals surface area contributed by atoms with Crippen LogP contribution in [0, 0.1) is 11.3 Å². The van der Waals surface area contributed by atoms with Gasteiger partial charge in [-0.05, 0) is 18.8 Å². The predicted octanol–water partition coefficient (Wildman–Crippen LogP) is 1.08. The molecule has 0 aromatic rings. The number of methoxy groups -OCH3 is 1. The number of amidine groups is 1. The van der Waals surface area contributed by atoms with Gasteiger partial charge in [-0.15, -0.1) is 0 Å². The zero-order chi connectivity index (χ0) is 14.5. The van der Waals surface area contributed by atoms with Crippen molar-refractivity contribution in [3.8, 4) is 0 Å². The summed E-state index contributed by atoms with van der Waals surface area (Å²) in [5.41, 5.74) is 4.90. The van der Waals surface area contributed by atoms with Gasteiger partial charge in [-0.25, -0.2) is 0 Å². The van der Waals surface area contributed by atoms with E-state index in [2.05, 4.69) is 10.5 Å². The van der Waals surface area contributed by atoms with Crippen molar-refractivity contribution in [2.75, 3.05) is 13.7 Å². The first kappa shape index (κ1) is 15.8. The normalized spacial score (nSPS) is 20.5. The zero-order valence-corrected chi connectivity index (χ0v) is 12.0. The maximum absolute atomic E-state index is 12.5. The fraction of sp³-hybridized carbons (Fsp3) is 0.846. The third-order valence-corrected chi connectivity index (χ3v) is 3.96. The average Bonchev–Trinajstić information content (AvgIpc) is 2.87. The lowest BCUT2D eigenvalue weighted by Crippen LogP contribution is -2.53. The van der Waals surface area contributed by atoms with E-state index in [9.17, 15) is 4.79 Å². The highest BCUT2D eigenvalue weighted by molar-refractivity contribution is 6.07. The van der Waals surface area contributed by atoms with Crippen molar-refractivity contribution in [3.63, 3.8) is 0 Å². The highest BCUT2D eigenvalue weighted by Crippen LogP contribution is 2.38. The van der Waals surface area contributed by atoms with E-state index in [1.807, 2.05) is 13.8 Å². The van der Waals surface area contributed by atoms with Crippen LogP contribution in [0.2, 0.25) is 0 Å². The van der Waals surface area contributed by atoms with Crippen molar-refractivity contribution in [2.45, 2.75) is 45.6 Å². The topological polar surface area (TPSA) is 96.9 Å². The monoisotopic (exact) mass is 271 g/mol. The molecule has 0 bridgehead atoms. The summed E-state index contributed by atoms with van der Waals surface area (Å²) in [6, 6.07) is -0.0681. The number of oxime groups is 1. The molecule has 0 heterocycles. The molecule has 4 N–H and O–H groups in total. The first-order valence-electron chi connectivity index (χ1n) is 6.76. The second kappa shape index (κ2) is 6.75. The number of nitrogens with zero attached hydrogens (tertiary/aromatic N) is 1. The Morgan fingerprint density at radius 2 is 2.05 bits per heavy atom. The van der Waals surface area contributed by atoms with Crippen molar-refractivity contribution in [2.24, 2.45) is 22.2 Å². The highest BCUT2D eigenvalue weighted by atomic mass is 16.5. The summed E-state index contributed by atoms with van der Waals surface area (Å²) in [4.78, 5) is 12.5. The predicted molar refractivity (Wildman–Crippen MR) is 73.0 cm³/mol. The molecule has 1 unspecified atom stereocenters. The van der Waals surface area contributed by atoms with E-state index in [4.69, 9.17) is 15.7 Å². The third kappa shape index (κ3) is 3.37. The summed E-state index contributed by atoms with van der Waals surface area (Å²) in [5, 5.41) is 15.0. The molecule has 0 saturated heterocycles. The van der Waals surface area contributed by atoms with E-state index in [1.165, 1.54) is 0 Å². The van der Waals surface area contributed by atoms with E-state index >= 15 is 0 Å². The highest BCUT2D eigenvalue weighted by Gasteiger charge is 2.46. The molecule has 1 saturated carbocycles. The molecule has 0 spiro atoms. The minimum absolute atomic E-state index is 0.0161. The molecule has 0 radical (unpaired) electrons. The van der Waals surface area contributed by atoms with Crippen molar-refractivity contribution in [1.82, 2.24) is 5.32 Å². The number of ether oxygens (including phenoxy) is 1. The summed E-state index contributed by atoms with van der Waals surface area (Å²) in [7, 11) is 1.61. The summed E-state index contributed by atoms with van der Waals surface area (Å²) in [6.45, 7) is 4.50. The molecule has 0 aromatic carbocycles. The molecule has 19 heavy (non-hydrogen) atoms. The molecule has 1 amide bonds. The fourth-order valence-electron chi connectivity index (χ4n) is 2.56. The van der Waals surface area contributed by atoms with Crippen LogP contribution >= 0.6 is 0 Å². The van der Waals surface area contributed by atoms with Gasteiger partial charge in [0, 0.05) is 7.11 Å². The maximum atomic E-state index is 12.5. The van der Waals surface area contributed by atoms with Crippen LogP contribution in [-0.4, -0.2) is 36.7 Å². The van der Waals surface area contributed by atoms with Gasteiger partial charge in [0.05, 0.1) is 12.6 Å². The first-order valence-corrected chi connectivity index (χ1v) is 6.76. The molecule has 1 aliphatic rings. The van der Waals surface area contributed by atoms with Gasteiger partial charge in [-0.1, -0.05) is 31.8 Å². The van der Waals surface area contributed by atoms with Gasteiger partial charge in [0.1, 0.15) is 5.41 Å². The third-order valence-electron chi connectivity index (χ3n) is 3.96. The molecule has 6 heteroatoms. The molecule has 1 atom stereocenters. The number of hydrogen-bond donors (Lipinski definition) is 3. The first-order chi connectivity index (χ1) is 8.97. The number of amides is 1. The smallest absolute Gasteiger partial charge is 0.234 e. The quantitative estimate of drug-likeness (QED) is 0.291. The van der Waals surface area contributed by atoms with Crippen molar-refractivity contribution in [1.29, 1.82) is 0 Å². The lowest BCUT2D eigenvalue weighted by atomic mass is 9.83. The average molecular weight is 271 g/mol. The Labute approximate surface area is 114 Å². The molecular weight excluding hydrogens is 246 g/mol. The van der Waals surface area contributed by atoms with Gasteiger partial charge in [-0.2, -0.15) is 0 Å². The number of carbonyl (C=O) groups excluding carboxylic acids is 1. The van der Waals surface area contributed by atoms with Gasteiger partial charge < -0.3 is 21.0 Å². The van der Waals surface area contributed by atoms with Crippen LogP contribution in [0.3, 0.4) is 0 Å². The summed E-state index contributed by atoms with van der Waals surface area (Å²) in [6.07, 6.45) is 3.10. The Bertz CT molecular complexity index is 336. The number of nitrogens with two attached hydrogens (primary N) is 1. The Morgan fingerprint density at radius 1 is 1.47 bits per heavy atom. The van der Waals surface area contributed by atoms with Gasteiger partial charge in [0.25, 0.3) is 0 Å². The second-order valence-corrected chi connectivity index (χ2v) is 5.55. The minimum Gasteiger partial charge on any atom is -0.409 e. The lowest BCUT2D eigenvalue weighted by Gasteiger charge is -2.30. The summed E-state index contributed by atoms with van der Waals surface area (Å²) >= 11 is 0. The molecule has 1 aliphatic carbocycles. The molecule has 110 valence electrons. The van der Waals surface area contributed by atoms with E-state index in [1.54, 1.807) is 7.11 Å². The number of nitrogens with one attached hydrogen (secondary N) is 1. The van der Waals surface area contributed by atoms with Crippen molar-refractivity contribution in [3.05, 3.63) is 0 Å². The van der Waals surface area contributed by atoms with E-state index < -0.39 is 5.41 Å². The van der Waals surface area contributed by atoms with Crippen LogP contribution in [0.15, 0.2) is 5.16 Å². The van der Waals surface area contributed by atoms with Crippen LogP contribution in [0.5, 0.6) is 0 Å². The van der Waals surface area contributed by atoms with Crippen molar-refractivity contribution < 1.29 is 14.7 Å². The summed E-state index contributed by atoms with van der Waals surface area (Å²) in [5.74, 6) is 0.119. The van der Waals surface area contributed by atoms with E-state index in [0.717, 1.165) is 12.8 Å². The molecule has 0 aromatic heterocycles. The van der Waals surface area contributed by atoms with Crippen LogP contribution in [0.1, 0.15) is 39.5 Å².